The summed E-state index contributed by atoms with van der Waals surface area (Å²) in [6, 6.07) is 0.0427. The second-order valence-corrected chi connectivity index (χ2v) is 7.11. The van der Waals surface area contributed by atoms with Crippen LogP contribution in [0.3, 0.4) is 0 Å². The Kier molecular flexibility index (Phi) is 3.84. The van der Waals surface area contributed by atoms with Crippen molar-refractivity contribution in [1.82, 2.24) is 10.2 Å². The molecule has 0 aromatic rings. The van der Waals surface area contributed by atoms with Crippen LogP contribution in [0, 0.1) is 23.7 Å². The predicted octanol–water partition coefficient (Wildman–Crippen LogP) is 2.27. The monoisotopic (exact) mass is 264 g/mol. The molecule has 1 aliphatic heterocycles. The van der Waals surface area contributed by atoms with E-state index in [0.29, 0.717) is 11.8 Å². The molecule has 3 rings (SSSR count). The highest BCUT2D eigenvalue weighted by Gasteiger charge is 2.41. The van der Waals surface area contributed by atoms with Crippen molar-refractivity contribution in [2.45, 2.75) is 51.5 Å². The Bertz CT molecular complexity index is 344. The molecular weight excluding hydrogens is 236 g/mol. The van der Waals surface area contributed by atoms with Crippen LogP contribution in [-0.4, -0.2) is 37.0 Å². The molecule has 5 atom stereocenters. The van der Waals surface area contributed by atoms with Crippen molar-refractivity contribution < 1.29 is 4.79 Å². The van der Waals surface area contributed by atoms with Crippen molar-refractivity contribution in [3.8, 4) is 0 Å². The number of amides is 1. The molecule has 0 aromatic heterocycles. The lowest BCUT2D eigenvalue weighted by molar-refractivity contribution is -0.134. The van der Waals surface area contributed by atoms with Gasteiger partial charge in [-0.25, -0.2) is 0 Å². The minimum absolute atomic E-state index is 0.0427. The van der Waals surface area contributed by atoms with Gasteiger partial charge in [0.05, 0.1) is 6.04 Å². The van der Waals surface area contributed by atoms with Crippen molar-refractivity contribution in [3.05, 3.63) is 0 Å². The van der Waals surface area contributed by atoms with E-state index in [1.807, 2.05) is 7.05 Å². The third-order valence-electron chi connectivity index (χ3n) is 5.88. The largest absolute Gasteiger partial charge is 0.341 e. The van der Waals surface area contributed by atoms with E-state index >= 15 is 0 Å². The summed E-state index contributed by atoms with van der Waals surface area (Å²) in [4.78, 5) is 14.8. The summed E-state index contributed by atoms with van der Waals surface area (Å²) in [5.74, 6) is 3.54. The maximum atomic E-state index is 12.6. The van der Waals surface area contributed by atoms with Gasteiger partial charge in [0.25, 0.3) is 0 Å². The van der Waals surface area contributed by atoms with Crippen LogP contribution < -0.4 is 5.32 Å². The van der Waals surface area contributed by atoms with Crippen LogP contribution in [0.1, 0.15) is 45.4 Å². The van der Waals surface area contributed by atoms with Crippen LogP contribution >= 0.6 is 0 Å². The van der Waals surface area contributed by atoms with Crippen molar-refractivity contribution in [1.29, 1.82) is 0 Å². The van der Waals surface area contributed by atoms with Crippen molar-refractivity contribution in [3.63, 3.8) is 0 Å². The van der Waals surface area contributed by atoms with Crippen LogP contribution in [0.2, 0.25) is 0 Å². The molecule has 3 heteroatoms. The zero-order valence-corrected chi connectivity index (χ0v) is 12.4. The van der Waals surface area contributed by atoms with E-state index in [1.165, 1.54) is 38.5 Å². The first-order chi connectivity index (χ1) is 9.19. The van der Waals surface area contributed by atoms with Gasteiger partial charge in [-0.15, -0.1) is 0 Å². The highest BCUT2D eigenvalue weighted by atomic mass is 16.2. The Morgan fingerprint density at radius 3 is 2.74 bits per heavy atom. The van der Waals surface area contributed by atoms with Gasteiger partial charge in [-0.1, -0.05) is 13.3 Å². The molecule has 0 aromatic carbocycles. The number of likely N-dealkylation sites (tertiary alicyclic amines) is 1. The molecule has 5 unspecified atom stereocenters. The van der Waals surface area contributed by atoms with Crippen LogP contribution in [0.5, 0.6) is 0 Å². The summed E-state index contributed by atoms with van der Waals surface area (Å²) in [5.41, 5.74) is 0. The summed E-state index contributed by atoms with van der Waals surface area (Å²) in [6.45, 7) is 4.22. The Hall–Kier alpha value is -0.570. The lowest BCUT2D eigenvalue weighted by Crippen LogP contribution is -2.48. The van der Waals surface area contributed by atoms with Gasteiger partial charge in [-0.3, -0.25) is 4.79 Å². The van der Waals surface area contributed by atoms with E-state index in [1.54, 1.807) is 0 Å². The predicted molar refractivity (Wildman–Crippen MR) is 76.8 cm³/mol. The minimum Gasteiger partial charge on any atom is -0.341 e. The van der Waals surface area contributed by atoms with Gasteiger partial charge in [0.15, 0.2) is 0 Å². The second-order valence-electron chi connectivity index (χ2n) is 7.11. The number of hydrogen-bond acceptors (Lipinski definition) is 2. The molecule has 3 fully saturated rings. The van der Waals surface area contributed by atoms with Crippen LogP contribution in [-0.2, 0) is 4.79 Å². The Labute approximate surface area is 117 Å². The third kappa shape index (κ3) is 2.54. The number of carbonyl (C=O) groups is 1. The normalized spacial score (nSPS) is 42.7. The van der Waals surface area contributed by atoms with Gasteiger partial charge in [0, 0.05) is 13.1 Å². The lowest BCUT2D eigenvalue weighted by atomic mass is 9.88. The summed E-state index contributed by atoms with van der Waals surface area (Å²) in [5, 5.41) is 3.24. The fourth-order valence-corrected chi connectivity index (χ4v) is 4.79. The SMILES string of the molecule is CNC1C(=O)N(CC2CC3CCC2C3)CCCC1C. The molecule has 19 heavy (non-hydrogen) atoms. The van der Waals surface area contributed by atoms with Gasteiger partial charge >= 0.3 is 0 Å². The van der Waals surface area contributed by atoms with Crippen molar-refractivity contribution in [2.24, 2.45) is 23.7 Å². The smallest absolute Gasteiger partial charge is 0.239 e. The van der Waals surface area contributed by atoms with E-state index in [4.69, 9.17) is 0 Å². The first kappa shape index (κ1) is 13.4. The van der Waals surface area contributed by atoms with Gasteiger partial charge in [-0.05, 0) is 62.8 Å². The van der Waals surface area contributed by atoms with E-state index in [9.17, 15) is 4.79 Å². The first-order valence-corrected chi connectivity index (χ1v) is 8.15. The highest BCUT2D eigenvalue weighted by Crippen LogP contribution is 2.48. The standard InChI is InChI=1S/C16H28N2O/c1-11-4-3-7-18(16(19)15(11)17-2)10-14-9-12-5-6-13(14)8-12/h11-15,17H,3-10H2,1-2H3. The number of nitrogens with one attached hydrogen (secondary N) is 1. The lowest BCUT2D eigenvalue weighted by Gasteiger charge is -2.31. The molecule has 1 saturated heterocycles. The van der Waals surface area contributed by atoms with Crippen LogP contribution in [0.25, 0.3) is 0 Å². The van der Waals surface area contributed by atoms with Crippen molar-refractivity contribution in [2.75, 3.05) is 20.1 Å². The first-order valence-electron chi connectivity index (χ1n) is 8.15. The molecule has 2 aliphatic carbocycles. The number of carbonyl (C=O) groups excluding carboxylic acids is 1. The van der Waals surface area contributed by atoms with Crippen molar-refractivity contribution >= 4 is 5.91 Å². The van der Waals surface area contributed by atoms with E-state index in [2.05, 4.69) is 17.1 Å². The second kappa shape index (κ2) is 5.43. The average Bonchev–Trinajstić information content (AvgIpc) is 2.97. The summed E-state index contributed by atoms with van der Waals surface area (Å²) in [6.07, 6.45) is 8.04. The third-order valence-corrected chi connectivity index (χ3v) is 5.88. The molecule has 1 N–H and O–H groups in total. The van der Waals surface area contributed by atoms with Crippen LogP contribution in [0.4, 0.5) is 0 Å². The van der Waals surface area contributed by atoms with E-state index in [0.717, 1.165) is 30.8 Å². The van der Waals surface area contributed by atoms with Crippen LogP contribution in [0.15, 0.2) is 0 Å². The molecule has 0 radical (unpaired) electrons. The van der Waals surface area contributed by atoms with Gasteiger partial charge in [0.1, 0.15) is 0 Å². The number of likely N-dealkylation sites (N-methyl/N-ethyl adjacent to an activating group) is 1. The highest BCUT2D eigenvalue weighted by molar-refractivity contribution is 5.82. The number of rotatable bonds is 3. The Morgan fingerprint density at radius 1 is 1.26 bits per heavy atom. The summed E-state index contributed by atoms with van der Waals surface area (Å²) < 4.78 is 0. The Morgan fingerprint density at radius 2 is 2.11 bits per heavy atom. The average molecular weight is 264 g/mol. The molecule has 1 heterocycles. The summed E-state index contributed by atoms with van der Waals surface area (Å²) >= 11 is 0. The van der Waals surface area contributed by atoms with Gasteiger partial charge in [0.2, 0.25) is 5.91 Å². The van der Waals surface area contributed by atoms with E-state index in [-0.39, 0.29) is 6.04 Å². The fraction of sp³-hybridized carbons (Fsp3) is 0.938. The molecule has 3 nitrogen and oxygen atoms in total. The zero-order chi connectivity index (χ0) is 13.4. The molecular formula is C16H28N2O. The quantitative estimate of drug-likeness (QED) is 0.848. The topological polar surface area (TPSA) is 32.3 Å². The molecule has 2 saturated carbocycles. The molecule has 3 aliphatic rings. The number of hydrogen-bond donors (Lipinski definition) is 1. The maximum absolute atomic E-state index is 12.6. The maximum Gasteiger partial charge on any atom is 0.239 e. The summed E-state index contributed by atoms with van der Waals surface area (Å²) in [7, 11) is 1.93. The molecule has 0 spiro atoms. The molecule has 108 valence electrons. The number of nitrogens with zero attached hydrogens (tertiary/aromatic N) is 1. The zero-order valence-electron chi connectivity index (χ0n) is 12.4. The number of fused-ring (bicyclic) bond motifs is 2. The van der Waals surface area contributed by atoms with E-state index < -0.39 is 0 Å². The van der Waals surface area contributed by atoms with Gasteiger partial charge < -0.3 is 10.2 Å². The fourth-order valence-electron chi connectivity index (χ4n) is 4.79. The molecule has 1 amide bonds. The van der Waals surface area contributed by atoms with Gasteiger partial charge in [-0.2, -0.15) is 0 Å². The molecule has 2 bridgehead atoms. The Balaban J connectivity index is 1.64. The minimum atomic E-state index is 0.0427.